The summed E-state index contributed by atoms with van der Waals surface area (Å²) < 4.78 is 0. The first kappa shape index (κ1) is 11.7. The molecule has 2 nitrogen and oxygen atoms in total. The van der Waals surface area contributed by atoms with Crippen LogP contribution in [0.2, 0.25) is 0 Å². The summed E-state index contributed by atoms with van der Waals surface area (Å²) >= 11 is 0. The van der Waals surface area contributed by atoms with Crippen LogP contribution in [0.15, 0.2) is 12.2 Å². The fourth-order valence-electron chi connectivity index (χ4n) is 1.12. The first-order chi connectivity index (χ1) is 5.60. The third kappa shape index (κ3) is 3.37. The van der Waals surface area contributed by atoms with Crippen LogP contribution in [0.5, 0.6) is 0 Å². The highest BCUT2D eigenvalue weighted by molar-refractivity contribution is 4.95. The van der Waals surface area contributed by atoms with E-state index in [1.165, 1.54) is 0 Å². The summed E-state index contributed by atoms with van der Waals surface area (Å²) in [5, 5.41) is 12.5. The Morgan fingerprint density at radius 1 is 1.42 bits per heavy atom. The van der Waals surface area contributed by atoms with Crippen LogP contribution < -0.4 is 5.32 Å². The minimum absolute atomic E-state index is 0.0983. The van der Waals surface area contributed by atoms with Crippen molar-refractivity contribution in [1.82, 2.24) is 5.32 Å². The average molecular weight is 171 g/mol. The SMILES string of the molecule is C=C(C)CNC(CC)(CC)CO. The van der Waals surface area contributed by atoms with Crippen LogP contribution in [-0.2, 0) is 0 Å². The Labute approximate surface area is 75.7 Å². The van der Waals surface area contributed by atoms with Crippen LogP contribution in [-0.4, -0.2) is 23.8 Å². The fraction of sp³-hybridized carbons (Fsp3) is 0.800. The molecule has 0 aliphatic carbocycles. The molecule has 72 valence electrons. The molecule has 0 atom stereocenters. The number of hydrogen-bond donors (Lipinski definition) is 2. The summed E-state index contributed by atoms with van der Waals surface area (Å²) in [5.41, 5.74) is 1.01. The molecule has 0 aliphatic heterocycles. The predicted molar refractivity (Wildman–Crippen MR) is 53.2 cm³/mol. The molecule has 0 aromatic rings. The standard InChI is InChI=1S/C10H21NO/c1-5-10(6-2,8-12)11-7-9(3)4/h11-12H,3,5-8H2,1-2,4H3. The van der Waals surface area contributed by atoms with Gasteiger partial charge in [0.05, 0.1) is 6.61 Å². The summed E-state index contributed by atoms with van der Waals surface area (Å²) in [7, 11) is 0. The largest absolute Gasteiger partial charge is 0.394 e. The molecule has 0 radical (unpaired) electrons. The normalized spacial score (nSPS) is 11.7. The zero-order valence-electron chi connectivity index (χ0n) is 8.48. The second-order valence-corrected chi connectivity index (χ2v) is 3.46. The lowest BCUT2D eigenvalue weighted by Gasteiger charge is -2.31. The molecule has 2 heteroatoms. The molecule has 2 N–H and O–H groups in total. The fourth-order valence-corrected chi connectivity index (χ4v) is 1.12. The topological polar surface area (TPSA) is 32.3 Å². The van der Waals surface area contributed by atoms with Crippen LogP contribution >= 0.6 is 0 Å². The lowest BCUT2D eigenvalue weighted by molar-refractivity contribution is 0.154. The van der Waals surface area contributed by atoms with Crippen LogP contribution in [0.25, 0.3) is 0 Å². The Kier molecular flexibility index (Phi) is 5.18. The number of hydrogen-bond acceptors (Lipinski definition) is 2. The van der Waals surface area contributed by atoms with Crippen molar-refractivity contribution in [2.75, 3.05) is 13.2 Å². The summed E-state index contributed by atoms with van der Waals surface area (Å²) in [5.74, 6) is 0. The lowest BCUT2D eigenvalue weighted by atomic mass is 9.94. The number of nitrogens with one attached hydrogen (secondary N) is 1. The highest BCUT2D eigenvalue weighted by Gasteiger charge is 2.23. The minimum Gasteiger partial charge on any atom is -0.394 e. The maximum absolute atomic E-state index is 9.20. The number of rotatable bonds is 6. The molecule has 0 unspecified atom stereocenters. The van der Waals surface area contributed by atoms with E-state index in [1.807, 2.05) is 6.92 Å². The van der Waals surface area contributed by atoms with Gasteiger partial charge in [-0.25, -0.2) is 0 Å². The van der Waals surface area contributed by atoms with Gasteiger partial charge < -0.3 is 10.4 Å². The Balaban J connectivity index is 4.01. The van der Waals surface area contributed by atoms with E-state index in [-0.39, 0.29) is 12.1 Å². The van der Waals surface area contributed by atoms with Crippen molar-refractivity contribution in [2.45, 2.75) is 39.2 Å². The Morgan fingerprint density at radius 2 is 1.92 bits per heavy atom. The highest BCUT2D eigenvalue weighted by Crippen LogP contribution is 2.13. The number of aliphatic hydroxyl groups is 1. The minimum atomic E-state index is -0.0983. The quantitative estimate of drug-likeness (QED) is 0.596. The molecule has 0 bridgehead atoms. The Hall–Kier alpha value is -0.340. The van der Waals surface area contributed by atoms with Crippen molar-refractivity contribution in [2.24, 2.45) is 0 Å². The molecule has 0 fully saturated rings. The zero-order valence-corrected chi connectivity index (χ0v) is 8.48. The molecule has 0 aromatic heterocycles. The third-order valence-electron chi connectivity index (χ3n) is 2.42. The smallest absolute Gasteiger partial charge is 0.0613 e. The molecular weight excluding hydrogens is 150 g/mol. The number of aliphatic hydroxyl groups excluding tert-OH is 1. The van der Waals surface area contributed by atoms with Gasteiger partial charge in [-0.3, -0.25) is 0 Å². The van der Waals surface area contributed by atoms with Crippen LogP contribution in [0.4, 0.5) is 0 Å². The van der Waals surface area contributed by atoms with E-state index < -0.39 is 0 Å². The summed E-state index contributed by atoms with van der Waals surface area (Å²) in [6.45, 7) is 11.0. The second-order valence-electron chi connectivity index (χ2n) is 3.46. The van der Waals surface area contributed by atoms with Crippen molar-refractivity contribution in [3.05, 3.63) is 12.2 Å². The first-order valence-electron chi connectivity index (χ1n) is 4.60. The monoisotopic (exact) mass is 171 g/mol. The average Bonchev–Trinajstić information content (AvgIpc) is 2.08. The lowest BCUT2D eigenvalue weighted by Crippen LogP contribution is -2.48. The van der Waals surface area contributed by atoms with E-state index >= 15 is 0 Å². The van der Waals surface area contributed by atoms with Gasteiger partial charge in [-0.2, -0.15) is 0 Å². The van der Waals surface area contributed by atoms with Gasteiger partial charge in [-0.1, -0.05) is 26.0 Å². The van der Waals surface area contributed by atoms with Gasteiger partial charge in [0.25, 0.3) is 0 Å². The summed E-state index contributed by atoms with van der Waals surface area (Å²) in [6.07, 6.45) is 1.90. The zero-order chi connectivity index (χ0) is 9.61. The van der Waals surface area contributed by atoms with E-state index in [0.717, 1.165) is 25.0 Å². The van der Waals surface area contributed by atoms with Crippen molar-refractivity contribution >= 4 is 0 Å². The van der Waals surface area contributed by atoms with Crippen LogP contribution in [0.3, 0.4) is 0 Å². The van der Waals surface area contributed by atoms with E-state index in [9.17, 15) is 5.11 Å². The molecule has 0 amide bonds. The second kappa shape index (κ2) is 5.33. The third-order valence-corrected chi connectivity index (χ3v) is 2.42. The molecule has 0 rings (SSSR count). The van der Waals surface area contributed by atoms with E-state index in [2.05, 4.69) is 25.7 Å². The van der Waals surface area contributed by atoms with Crippen LogP contribution in [0, 0.1) is 0 Å². The Morgan fingerprint density at radius 3 is 2.17 bits per heavy atom. The van der Waals surface area contributed by atoms with Gasteiger partial charge in [0.1, 0.15) is 0 Å². The molecule has 0 aliphatic rings. The van der Waals surface area contributed by atoms with Crippen LogP contribution in [0.1, 0.15) is 33.6 Å². The highest BCUT2D eigenvalue weighted by atomic mass is 16.3. The molecule has 0 spiro atoms. The van der Waals surface area contributed by atoms with Crippen molar-refractivity contribution in [3.63, 3.8) is 0 Å². The molecule has 0 heterocycles. The molecule has 12 heavy (non-hydrogen) atoms. The van der Waals surface area contributed by atoms with E-state index in [1.54, 1.807) is 0 Å². The summed E-state index contributed by atoms with van der Waals surface area (Å²) in [4.78, 5) is 0. The maximum Gasteiger partial charge on any atom is 0.0613 e. The van der Waals surface area contributed by atoms with Gasteiger partial charge in [0, 0.05) is 12.1 Å². The van der Waals surface area contributed by atoms with Gasteiger partial charge >= 0.3 is 0 Å². The summed E-state index contributed by atoms with van der Waals surface area (Å²) in [6, 6.07) is 0. The molecule has 0 saturated carbocycles. The van der Waals surface area contributed by atoms with Crippen molar-refractivity contribution in [3.8, 4) is 0 Å². The van der Waals surface area contributed by atoms with Crippen molar-refractivity contribution < 1.29 is 5.11 Å². The Bertz CT molecular complexity index is 131. The molecule has 0 aromatic carbocycles. The van der Waals surface area contributed by atoms with Gasteiger partial charge in [-0.15, -0.1) is 0 Å². The first-order valence-corrected chi connectivity index (χ1v) is 4.60. The van der Waals surface area contributed by atoms with E-state index in [0.29, 0.717) is 0 Å². The maximum atomic E-state index is 9.20. The van der Waals surface area contributed by atoms with E-state index in [4.69, 9.17) is 0 Å². The van der Waals surface area contributed by atoms with Gasteiger partial charge in [0.15, 0.2) is 0 Å². The predicted octanol–water partition coefficient (Wildman–Crippen LogP) is 1.70. The van der Waals surface area contributed by atoms with Gasteiger partial charge in [0.2, 0.25) is 0 Å². The van der Waals surface area contributed by atoms with Gasteiger partial charge in [-0.05, 0) is 19.8 Å². The van der Waals surface area contributed by atoms with Crippen molar-refractivity contribution in [1.29, 1.82) is 0 Å². The molecular formula is C10H21NO. The molecule has 0 saturated heterocycles.